The monoisotopic (exact) mass is 333 g/mol. The van der Waals surface area contributed by atoms with E-state index < -0.39 is 15.0 Å². The first-order valence-corrected chi connectivity index (χ1v) is 7.88. The highest BCUT2D eigenvalue weighted by Gasteiger charge is 2.20. The number of non-ortho nitro benzene ring substituents is 1. The molecule has 118 valence electrons. The van der Waals surface area contributed by atoms with Gasteiger partial charge in [-0.05, 0) is 18.2 Å². The highest BCUT2D eigenvalue weighted by molar-refractivity contribution is 7.87. The van der Waals surface area contributed by atoms with Crippen LogP contribution in [0.1, 0.15) is 0 Å². The minimum atomic E-state index is -4.17. The number of aryl methyl sites for hydroxylation is 1. The number of benzene rings is 2. The Kier molecular flexibility index (Phi) is 3.49. The van der Waals surface area contributed by atoms with Gasteiger partial charge >= 0.3 is 10.1 Å². The molecule has 0 saturated carbocycles. The average Bonchev–Trinajstić information content (AvgIpc) is 2.88. The molecule has 1 heterocycles. The van der Waals surface area contributed by atoms with Gasteiger partial charge in [0.1, 0.15) is 10.6 Å². The lowest BCUT2D eigenvalue weighted by Crippen LogP contribution is -2.10. The lowest BCUT2D eigenvalue weighted by atomic mass is 10.3. The average molecular weight is 333 g/mol. The van der Waals surface area contributed by atoms with Crippen molar-refractivity contribution in [3.63, 3.8) is 0 Å². The van der Waals surface area contributed by atoms with Gasteiger partial charge in [0.05, 0.1) is 22.3 Å². The van der Waals surface area contributed by atoms with Gasteiger partial charge < -0.3 is 8.75 Å². The molecule has 0 aliphatic heterocycles. The van der Waals surface area contributed by atoms with Crippen LogP contribution in [0.2, 0.25) is 0 Å². The fourth-order valence-electron chi connectivity index (χ4n) is 2.10. The molecule has 8 nitrogen and oxygen atoms in total. The van der Waals surface area contributed by atoms with Crippen LogP contribution >= 0.6 is 0 Å². The molecule has 3 rings (SSSR count). The van der Waals surface area contributed by atoms with Gasteiger partial charge in [-0.1, -0.05) is 6.07 Å². The first kappa shape index (κ1) is 15.0. The van der Waals surface area contributed by atoms with Crippen molar-refractivity contribution < 1.29 is 17.5 Å². The van der Waals surface area contributed by atoms with Crippen LogP contribution in [-0.2, 0) is 17.2 Å². The number of nitrogens with zero attached hydrogens (tertiary/aromatic N) is 3. The van der Waals surface area contributed by atoms with E-state index in [2.05, 4.69) is 4.98 Å². The van der Waals surface area contributed by atoms with Crippen LogP contribution in [0.5, 0.6) is 5.75 Å². The van der Waals surface area contributed by atoms with Crippen LogP contribution in [0.25, 0.3) is 11.0 Å². The predicted octanol–water partition coefficient (Wildman–Crippen LogP) is 2.25. The van der Waals surface area contributed by atoms with Gasteiger partial charge in [-0.2, -0.15) is 8.42 Å². The van der Waals surface area contributed by atoms with Crippen LogP contribution < -0.4 is 4.18 Å². The van der Waals surface area contributed by atoms with E-state index in [4.69, 9.17) is 4.18 Å². The molecular formula is C14H11N3O5S. The van der Waals surface area contributed by atoms with Crippen molar-refractivity contribution in [3.8, 4) is 5.75 Å². The molecule has 0 atom stereocenters. The fraction of sp³-hybridized carbons (Fsp3) is 0.0714. The van der Waals surface area contributed by atoms with Gasteiger partial charge in [0, 0.05) is 25.2 Å². The SMILES string of the molecule is Cn1cnc2cc(OS(=O)(=O)c3cccc([N+](=O)[O-])c3)ccc21. The van der Waals surface area contributed by atoms with Gasteiger partial charge in [0.25, 0.3) is 5.69 Å². The van der Waals surface area contributed by atoms with Crippen LogP contribution in [0.15, 0.2) is 53.7 Å². The van der Waals surface area contributed by atoms with Crippen molar-refractivity contribution in [1.82, 2.24) is 9.55 Å². The summed E-state index contributed by atoms with van der Waals surface area (Å²) in [5, 5.41) is 10.7. The molecule has 9 heteroatoms. The Morgan fingerprint density at radius 2 is 2.00 bits per heavy atom. The quantitative estimate of drug-likeness (QED) is 0.412. The minimum absolute atomic E-state index is 0.0858. The summed E-state index contributed by atoms with van der Waals surface area (Å²) in [6.07, 6.45) is 1.60. The molecule has 0 bridgehead atoms. The third-order valence-electron chi connectivity index (χ3n) is 3.22. The Balaban J connectivity index is 1.96. The van der Waals surface area contributed by atoms with Gasteiger partial charge in [-0.15, -0.1) is 0 Å². The molecule has 0 unspecified atom stereocenters. The Hall–Kier alpha value is -2.94. The van der Waals surface area contributed by atoms with E-state index in [0.717, 1.165) is 11.6 Å². The number of hydrogen-bond acceptors (Lipinski definition) is 6. The lowest BCUT2D eigenvalue weighted by molar-refractivity contribution is -0.385. The first-order valence-electron chi connectivity index (χ1n) is 6.47. The molecule has 0 N–H and O–H groups in total. The number of fused-ring (bicyclic) bond motifs is 1. The van der Waals surface area contributed by atoms with Gasteiger partial charge in [0.15, 0.2) is 0 Å². The summed E-state index contributed by atoms with van der Waals surface area (Å²) < 4.78 is 31.3. The van der Waals surface area contributed by atoms with E-state index in [-0.39, 0.29) is 16.3 Å². The van der Waals surface area contributed by atoms with E-state index >= 15 is 0 Å². The molecule has 0 amide bonds. The molecule has 0 saturated heterocycles. The molecular weight excluding hydrogens is 322 g/mol. The van der Waals surface area contributed by atoms with E-state index in [1.807, 2.05) is 7.05 Å². The Labute approximate surface area is 131 Å². The Morgan fingerprint density at radius 3 is 2.74 bits per heavy atom. The number of imidazole rings is 1. The lowest BCUT2D eigenvalue weighted by Gasteiger charge is -2.07. The Bertz CT molecular complexity index is 1010. The topological polar surface area (TPSA) is 104 Å². The summed E-state index contributed by atoms with van der Waals surface area (Å²) in [5.74, 6) is 0.0858. The zero-order chi connectivity index (χ0) is 16.6. The maximum Gasteiger partial charge on any atom is 0.339 e. The molecule has 0 radical (unpaired) electrons. The van der Waals surface area contributed by atoms with Crippen molar-refractivity contribution in [3.05, 3.63) is 58.9 Å². The highest BCUT2D eigenvalue weighted by Crippen LogP contribution is 2.24. The molecule has 0 spiro atoms. The van der Waals surface area contributed by atoms with E-state index in [1.165, 1.54) is 30.3 Å². The predicted molar refractivity (Wildman–Crippen MR) is 81.6 cm³/mol. The number of aromatic nitrogens is 2. The number of nitro benzene ring substituents is 1. The number of rotatable bonds is 4. The third-order valence-corrected chi connectivity index (χ3v) is 4.46. The summed E-state index contributed by atoms with van der Waals surface area (Å²) in [6.45, 7) is 0. The second kappa shape index (κ2) is 5.36. The van der Waals surface area contributed by atoms with Crippen LogP contribution in [0, 0.1) is 10.1 Å². The van der Waals surface area contributed by atoms with E-state index in [9.17, 15) is 18.5 Å². The first-order chi connectivity index (χ1) is 10.9. The van der Waals surface area contributed by atoms with Gasteiger partial charge in [-0.25, -0.2) is 4.98 Å². The van der Waals surface area contributed by atoms with Crippen LogP contribution in [-0.4, -0.2) is 22.9 Å². The van der Waals surface area contributed by atoms with Crippen molar-refractivity contribution in [1.29, 1.82) is 0 Å². The summed E-state index contributed by atoms with van der Waals surface area (Å²) in [7, 11) is -2.36. The molecule has 0 aliphatic rings. The smallest absolute Gasteiger partial charge is 0.339 e. The number of hydrogen-bond donors (Lipinski definition) is 0. The maximum absolute atomic E-state index is 12.2. The maximum atomic E-state index is 12.2. The molecule has 0 fully saturated rings. The standard InChI is InChI=1S/C14H11N3O5S/c1-16-9-15-13-8-11(5-6-14(13)16)22-23(20,21)12-4-2-3-10(7-12)17(18)19/h2-9H,1H3. The molecule has 23 heavy (non-hydrogen) atoms. The van der Waals surface area contributed by atoms with Gasteiger partial charge in [-0.3, -0.25) is 10.1 Å². The molecule has 3 aromatic rings. The van der Waals surface area contributed by atoms with Crippen molar-refractivity contribution in [2.24, 2.45) is 7.05 Å². The number of nitro groups is 1. The van der Waals surface area contributed by atoms with Crippen LogP contribution in [0.3, 0.4) is 0 Å². The van der Waals surface area contributed by atoms with Gasteiger partial charge in [0.2, 0.25) is 0 Å². The van der Waals surface area contributed by atoms with E-state index in [0.29, 0.717) is 5.52 Å². The van der Waals surface area contributed by atoms with Crippen molar-refractivity contribution in [2.75, 3.05) is 0 Å². The summed E-state index contributed by atoms with van der Waals surface area (Å²) >= 11 is 0. The minimum Gasteiger partial charge on any atom is -0.379 e. The normalized spacial score (nSPS) is 11.5. The summed E-state index contributed by atoms with van der Waals surface area (Å²) in [5.41, 5.74) is 1.08. The third kappa shape index (κ3) is 2.86. The second-order valence-electron chi connectivity index (χ2n) is 4.80. The largest absolute Gasteiger partial charge is 0.379 e. The Morgan fingerprint density at radius 1 is 1.22 bits per heavy atom. The molecule has 0 aliphatic carbocycles. The summed E-state index contributed by atoms with van der Waals surface area (Å²) in [4.78, 5) is 13.9. The highest BCUT2D eigenvalue weighted by atomic mass is 32.2. The van der Waals surface area contributed by atoms with Crippen LogP contribution in [0.4, 0.5) is 5.69 Å². The van der Waals surface area contributed by atoms with Crippen molar-refractivity contribution in [2.45, 2.75) is 4.90 Å². The second-order valence-corrected chi connectivity index (χ2v) is 6.34. The van der Waals surface area contributed by atoms with Crippen molar-refractivity contribution >= 4 is 26.8 Å². The fourth-order valence-corrected chi connectivity index (χ4v) is 3.06. The zero-order valence-electron chi connectivity index (χ0n) is 11.9. The van der Waals surface area contributed by atoms with E-state index in [1.54, 1.807) is 17.0 Å². The molecule has 1 aromatic heterocycles. The zero-order valence-corrected chi connectivity index (χ0v) is 12.7. The molecule has 2 aromatic carbocycles. The summed E-state index contributed by atoms with van der Waals surface area (Å²) in [6, 6.07) is 9.36.